The second-order valence-corrected chi connectivity index (χ2v) is 6.45. The number of benzene rings is 2. The number of hydrogen-bond acceptors (Lipinski definition) is 4. The molecule has 3 rings (SSSR count). The van der Waals surface area contributed by atoms with Crippen molar-refractivity contribution in [2.45, 2.75) is 13.5 Å². The van der Waals surface area contributed by atoms with Gasteiger partial charge in [-0.05, 0) is 59.3 Å². The molecule has 0 spiro atoms. The van der Waals surface area contributed by atoms with E-state index in [4.69, 9.17) is 9.15 Å². The van der Waals surface area contributed by atoms with Crippen LogP contribution in [0.4, 0.5) is 5.69 Å². The topological polar surface area (TPSA) is 51.5 Å². The summed E-state index contributed by atoms with van der Waals surface area (Å²) >= 11 is 2.27. The summed E-state index contributed by atoms with van der Waals surface area (Å²) in [6.45, 7) is 2.74. The minimum atomic E-state index is -0.308. The van der Waals surface area contributed by atoms with Gasteiger partial charge in [0.05, 0.1) is 25.0 Å². The molecule has 0 amide bonds. The SMILES string of the molecule is CCOC(=O)c1ccc(NCc2ccco2)c(I)c1-c1ccccc1. The van der Waals surface area contributed by atoms with Gasteiger partial charge in [-0.1, -0.05) is 30.3 Å². The zero-order valence-corrected chi connectivity index (χ0v) is 15.9. The van der Waals surface area contributed by atoms with E-state index in [0.29, 0.717) is 18.7 Å². The first-order valence-corrected chi connectivity index (χ1v) is 9.10. The summed E-state index contributed by atoms with van der Waals surface area (Å²) in [6.07, 6.45) is 1.65. The molecule has 0 aliphatic carbocycles. The summed E-state index contributed by atoms with van der Waals surface area (Å²) in [5, 5.41) is 3.37. The molecule has 0 aliphatic heterocycles. The van der Waals surface area contributed by atoms with Gasteiger partial charge < -0.3 is 14.5 Å². The molecule has 0 saturated carbocycles. The van der Waals surface area contributed by atoms with E-state index in [1.165, 1.54) is 0 Å². The Labute approximate surface area is 160 Å². The number of nitrogens with one attached hydrogen (secondary N) is 1. The quantitative estimate of drug-likeness (QED) is 0.410. The van der Waals surface area contributed by atoms with E-state index in [1.54, 1.807) is 6.26 Å². The normalized spacial score (nSPS) is 10.5. The number of carbonyl (C=O) groups excluding carboxylic acids is 1. The highest BCUT2D eigenvalue weighted by Crippen LogP contribution is 2.34. The number of anilines is 1. The second-order valence-electron chi connectivity index (χ2n) is 5.37. The van der Waals surface area contributed by atoms with Gasteiger partial charge in [-0.25, -0.2) is 4.79 Å². The fraction of sp³-hybridized carbons (Fsp3) is 0.150. The summed E-state index contributed by atoms with van der Waals surface area (Å²) in [7, 11) is 0. The van der Waals surface area contributed by atoms with Crippen molar-refractivity contribution in [2.24, 2.45) is 0 Å². The van der Waals surface area contributed by atoms with Gasteiger partial charge in [-0.3, -0.25) is 0 Å². The monoisotopic (exact) mass is 447 g/mol. The molecule has 1 heterocycles. The first-order chi connectivity index (χ1) is 12.2. The van der Waals surface area contributed by atoms with Crippen molar-refractivity contribution in [1.82, 2.24) is 0 Å². The van der Waals surface area contributed by atoms with Gasteiger partial charge in [0.1, 0.15) is 5.76 Å². The number of hydrogen-bond donors (Lipinski definition) is 1. The summed E-state index contributed by atoms with van der Waals surface area (Å²) < 4.78 is 11.6. The number of rotatable bonds is 6. The molecule has 1 aromatic heterocycles. The Morgan fingerprint density at radius 1 is 1.12 bits per heavy atom. The highest BCUT2D eigenvalue weighted by Gasteiger charge is 2.19. The molecule has 2 aromatic carbocycles. The van der Waals surface area contributed by atoms with Gasteiger partial charge in [0.2, 0.25) is 0 Å². The molecular formula is C20H18INO3. The van der Waals surface area contributed by atoms with Crippen molar-refractivity contribution in [2.75, 3.05) is 11.9 Å². The Hall–Kier alpha value is -2.28. The minimum absolute atomic E-state index is 0.308. The highest BCUT2D eigenvalue weighted by molar-refractivity contribution is 14.1. The van der Waals surface area contributed by atoms with Crippen molar-refractivity contribution in [3.05, 3.63) is 75.8 Å². The largest absolute Gasteiger partial charge is 0.467 e. The van der Waals surface area contributed by atoms with Crippen molar-refractivity contribution in [1.29, 1.82) is 0 Å². The van der Waals surface area contributed by atoms with E-state index >= 15 is 0 Å². The average molecular weight is 447 g/mol. The maximum absolute atomic E-state index is 12.4. The van der Waals surface area contributed by atoms with Crippen LogP contribution in [-0.4, -0.2) is 12.6 Å². The Kier molecular flexibility index (Phi) is 5.75. The average Bonchev–Trinajstić information content (AvgIpc) is 3.15. The van der Waals surface area contributed by atoms with Gasteiger partial charge >= 0.3 is 5.97 Å². The zero-order valence-electron chi connectivity index (χ0n) is 13.8. The number of ether oxygens (including phenoxy) is 1. The van der Waals surface area contributed by atoms with E-state index in [0.717, 1.165) is 26.1 Å². The predicted octanol–water partition coefficient (Wildman–Crippen LogP) is 5.34. The van der Waals surface area contributed by atoms with Crippen LogP contribution in [-0.2, 0) is 11.3 Å². The molecule has 0 saturated heterocycles. The van der Waals surface area contributed by atoms with Crippen LogP contribution >= 0.6 is 22.6 Å². The van der Waals surface area contributed by atoms with Crippen LogP contribution in [0.5, 0.6) is 0 Å². The second kappa shape index (κ2) is 8.20. The Morgan fingerprint density at radius 2 is 1.92 bits per heavy atom. The van der Waals surface area contributed by atoms with E-state index in [1.807, 2.05) is 61.5 Å². The fourth-order valence-corrected chi connectivity index (χ4v) is 3.55. The molecule has 0 unspecified atom stereocenters. The smallest absolute Gasteiger partial charge is 0.338 e. The van der Waals surface area contributed by atoms with Crippen LogP contribution in [0.15, 0.2) is 65.3 Å². The third kappa shape index (κ3) is 4.04. The zero-order chi connectivity index (χ0) is 17.6. The molecule has 128 valence electrons. The first-order valence-electron chi connectivity index (χ1n) is 8.02. The highest BCUT2D eigenvalue weighted by atomic mass is 127. The maximum atomic E-state index is 12.4. The summed E-state index contributed by atoms with van der Waals surface area (Å²) in [5.41, 5.74) is 3.38. The lowest BCUT2D eigenvalue weighted by atomic mass is 9.99. The molecule has 3 aromatic rings. The van der Waals surface area contributed by atoms with Gasteiger partial charge in [-0.2, -0.15) is 0 Å². The van der Waals surface area contributed by atoms with E-state index in [-0.39, 0.29) is 5.97 Å². The lowest BCUT2D eigenvalue weighted by molar-refractivity contribution is 0.0527. The van der Waals surface area contributed by atoms with Gasteiger partial charge in [-0.15, -0.1) is 0 Å². The third-order valence-corrected chi connectivity index (χ3v) is 4.85. The molecular weight excluding hydrogens is 429 g/mol. The lowest BCUT2D eigenvalue weighted by Gasteiger charge is -2.16. The van der Waals surface area contributed by atoms with Crippen molar-refractivity contribution in [3.63, 3.8) is 0 Å². The Morgan fingerprint density at radius 3 is 2.60 bits per heavy atom. The van der Waals surface area contributed by atoms with Crippen molar-refractivity contribution in [3.8, 4) is 11.1 Å². The van der Waals surface area contributed by atoms with E-state index in [9.17, 15) is 4.79 Å². The van der Waals surface area contributed by atoms with E-state index in [2.05, 4.69) is 27.9 Å². The molecule has 0 bridgehead atoms. The van der Waals surface area contributed by atoms with Crippen LogP contribution in [0.1, 0.15) is 23.0 Å². The number of esters is 1. The summed E-state index contributed by atoms with van der Waals surface area (Å²) in [6, 6.07) is 17.4. The van der Waals surface area contributed by atoms with E-state index < -0.39 is 0 Å². The van der Waals surface area contributed by atoms with Gasteiger partial charge in [0.15, 0.2) is 0 Å². The number of carbonyl (C=O) groups is 1. The summed E-state index contributed by atoms with van der Waals surface area (Å²) in [5.74, 6) is 0.545. The van der Waals surface area contributed by atoms with Crippen LogP contribution in [0, 0.1) is 3.57 Å². The predicted molar refractivity (Wildman–Crippen MR) is 107 cm³/mol. The molecule has 25 heavy (non-hydrogen) atoms. The molecule has 0 radical (unpaired) electrons. The fourth-order valence-electron chi connectivity index (χ4n) is 2.57. The molecule has 5 heteroatoms. The first kappa shape index (κ1) is 17.5. The Balaban J connectivity index is 2.00. The van der Waals surface area contributed by atoms with Gasteiger partial charge in [0.25, 0.3) is 0 Å². The third-order valence-electron chi connectivity index (χ3n) is 3.73. The molecule has 0 fully saturated rings. The number of halogens is 1. The maximum Gasteiger partial charge on any atom is 0.338 e. The van der Waals surface area contributed by atoms with Crippen molar-refractivity contribution < 1.29 is 13.9 Å². The van der Waals surface area contributed by atoms with Crippen LogP contribution in [0.2, 0.25) is 0 Å². The number of furan rings is 1. The van der Waals surface area contributed by atoms with Crippen molar-refractivity contribution >= 4 is 34.2 Å². The van der Waals surface area contributed by atoms with Gasteiger partial charge in [0, 0.05) is 14.8 Å². The van der Waals surface area contributed by atoms with Crippen LogP contribution < -0.4 is 5.32 Å². The Bertz CT molecular complexity index is 845. The molecule has 0 atom stereocenters. The standard InChI is InChI=1S/C20H18INO3/c1-2-24-20(23)16-10-11-17(22-13-15-9-6-12-25-15)19(21)18(16)14-7-4-3-5-8-14/h3-12,22H,2,13H2,1H3. The lowest BCUT2D eigenvalue weighted by Crippen LogP contribution is -2.09. The summed E-state index contributed by atoms with van der Waals surface area (Å²) in [4.78, 5) is 12.4. The van der Waals surface area contributed by atoms with Crippen LogP contribution in [0.3, 0.4) is 0 Å². The molecule has 1 N–H and O–H groups in total. The minimum Gasteiger partial charge on any atom is -0.467 e. The van der Waals surface area contributed by atoms with Crippen LogP contribution in [0.25, 0.3) is 11.1 Å². The molecule has 4 nitrogen and oxygen atoms in total. The molecule has 0 aliphatic rings.